The summed E-state index contributed by atoms with van der Waals surface area (Å²) in [6.07, 6.45) is -5.10. The largest absolute Gasteiger partial charge is 0.403 e. The van der Waals surface area contributed by atoms with E-state index >= 15 is 0 Å². The van der Waals surface area contributed by atoms with Crippen LogP contribution in [-0.4, -0.2) is 73.4 Å². The van der Waals surface area contributed by atoms with Gasteiger partial charge in [0.05, 0.1) is 24.3 Å². The lowest BCUT2D eigenvalue weighted by Gasteiger charge is -2.25. The Bertz CT molecular complexity index is 1300. The highest BCUT2D eigenvalue weighted by Crippen LogP contribution is 2.36. The Morgan fingerprint density at radius 3 is 2.76 bits per heavy atom. The SMILES string of the molecule is C[C@@H](NC(O)O[C@H]1CN(c2cc(-c3c[nH]c(=O)[nH]c3=O)nn3ccnc23)CC1(F)F)C(F)(F)F. The predicted octanol–water partition coefficient (Wildman–Crippen LogP) is 0.430. The lowest BCUT2D eigenvalue weighted by Crippen LogP contribution is -2.49. The Labute approximate surface area is 186 Å². The second-order valence-corrected chi connectivity index (χ2v) is 7.64. The number of imidazole rings is 1. The summed E-state index contributed by atoms with van der Waals surface area (Å²) in [5.74, 6) is -3.55. The van der Waals surface area contributed by atoms with Crippen molar-refractivity contribution in [2.75, 3.05) is 18.0 Å². The fourth-order valence-corrected chi connectivity index (χ4v) is 3.45. The Hall–Kier alpha value is -3.37. The minimum absolute atomic E-state index is 0.0337. The standard InChI is InChI=1S/C18H18F5N7O4/c1-8(18(21,22)23)26-16(33)34-12-6-29(7-17(12,19)20)11-4-10(28-30-3-2-24-13(11)30)9-5-25-15(32)27-14(9)31/h2-5,8,12,16,26,33H,6-7H2,1H3,(H2,25,27,31,32)/t8-,12+,16?/m1/s1. The van der Waals surface area contributed by atoms with Crippen molar-refractivity contribution < 1.29 is 31.8 Å². The Balaban J connectivity index is 1.63. The Morgan fingerprint density at radius 2 is 2.09 bits per heavy atom. The third-order valence-corrected chi connectivity index (χ3v) is 5.21. The van der Waals surface area contributed by atoms with Crippen molar-refractivity contribution in [3.63, 3.8) is 0 Å². The van der Waals surface area contributed by atoms with E-state index in [1.54, 1.807) is 5.32 Å². The van der Waals surface area contributed by atoms with Crippen molar-refractivity contribution in [3.8, 4) is 11.3 Å². The molecule has 0 amide bonds. The molecule has 3 aromatic rings. The Morgan fingerprint density at radius 1 is 1.35 bits per heavy atom. The quantitative estimate of drug-likeness (QED) is 0.288. The third-order valence-electron chi connectivity index (χ3n) is 5.21. The van der Waals surface area contributed by atoms with Gasteiger partial charge in [-0.2, -0.15) is 18.3 Å². The van der Waals surface area contributed by atoms with Gasteiger partial charge in [0.25, 0.3) is 11.5 Å². The number of aliphatic hydroxyl groups is 1. The second kappa shape index (κ2) is 8.44. The number of hydrogen-bond acceptors (Lipinski definition) is 8. The zero-order valence-electron chi connectivity index (χ0n) is 17.3. The number of ether oxygens (including phenoxy) is 1. The minimum Gasteiger partial charge on any atom is -0.359 e. The lowest BCUT2D eigenvalue weighted by molar-refractivity contribution is -0.226. The summed E-state index contributed by atoms with van der Waals surface area (Å²) in [5.41, 5.74) is -1.24. The molecule has 0 saturated carbocycles. The lowest BCUT2D eigenvalue weighted by atomic mass is 10.2. The smallest absolute Gasteiger partial charge is 0.359 e. The molecular weight excluding hydrogens is 473 g/mol. The first-order valence-electron chi connectivity index (χ1n) is 9.81. The average Bonchev–Trinajstić information content (AvgIpc) is 3.30. The van der Waals surface area contributed by atoms with E-state index in [0.717, 1.165) is 11.1 Å². The number of fused-ring (bicyclic) bond motifs is 1. The van der Waals surface area contributed by atoms with Crippen LogP contribution in [0, 0.1) is 0 Å². The molecule has 0 radical (unpaired) electrons. The van der Waals surface area contributed by atoms with Crippen molar-refractivity contribution in [1.82, 2.24) is 29.9 Å². The van der Waals surface area contributed by atoms with Crippen LogP contribution in [0.3, 0.4) is 0 Å². The summed E-state index contributed by atoms with van der Waals surface area (Å²) in [5, 5.41) is 15.6. The number of halogens is 5. The van der Waals surface area contributed by atoms with E-state index < -0.39 is 55.0 Å². The van der Waals surface area contributed by atoms with Crippen LogP contribution in [0.25, 0.3) is 16.9 Å². The predicted molar refractivity (Wildman–Crippen MR) is 106 cm³/mol. The molecule has 4 rings (SSSR count). The van der Waals surface area contributed by atoms with Gasteiger partial charge in [-0.3, -0.25) is 15.1 Å². The number of nitrogens with one attached hydrogen (secondary N) is 3. The van der Waals surface area contributed by atoms with Crippen LogP contribution in [0.4, 0.5) is 27.6 Å². The number of rotatable bonds is 6. The minimum atomic E-state index is -4.71. The molecule has 1 saturated heterocycles. The summed E-state index contributed by atoms with van der Waals surface area (Å²) in [6.45, 7) is -0.717. The highest BCUT2D eigenvalue weighted by molar-refractivity contribution is 5.74. The highest BCUT2D eigenvalue weighted by Gasteiger charge is 2.51. The first kappa shape index (κ1) is 23.8. The van der Waals surface area contributed by atoms with Gasteiger partial charge in [0.2, 0.25) is 6.41 Å². The molecule has 0 aliphatic carbocycles. The van der Waals surface area contributed by atoms with E-state index in [-0.39, 0.29) is 22.6 Å². The van der Waals surface area contributed by atoms with Crippen LogP contribution in [-0.2, 0) is 4.74 Å². The monoisotopic (exact) mass is 491 g/mol. The number of aromatic amines is 2. The van der Waals surface area contributed by atoms with E-state index in [0.29, 0.717) is 6.92 Å². The molecule has 1 unspecified atom stereocenters. The van der Waals surface area contributed by atoms with Crippen LogP contribution in [0.2, 0.25) is 0 Å². The second-order valence-electron chi connectivity index (χ2n) is 7.64. The first-order valence-corrected chi connectivity index (χ1v) is 9.81. The Kier molecular flexibility index (Phi) is 5.91. The highest BCUT2D eigenvalue weighted by atomic mass is 19.4. The molecule has 1 aliphatic rings. The molecule has 4 N–H and O–H groups in total. The van der Waals surface area contributed by atoms with E-state index in [9.17, 15) is 36.6 Å². The molecule has 1 aliphatic heterocycles. The van der Waals surface area contributed by atoms with Gasteiger partial charge >= 0.3 is 11.9 Å². The van der Waals surface area contributed by atoms with Gasteiger partial charge in [0, 0.05) is 18.6 Å². The van der Waals surface area contributed by atoms with Crippen molar-refractivity contribution >= 4 is 11.3 Å². The number of aliphatic hydroxyl groups excluding tert-OH is 1. The summed E-state index contributed by atoms with van der Waals surface area (Å²) >= 11 is 0. The maximum Gasteiger partial charge on any atom is 0.403 e. The van der Waals surface area contributed by atoms with Gasteiger partial charge in [-0.15, -0.1) is 0 Å². The summed E-state index contributed by atoms with van der Waals surface area (Å²) in [6, 6.07) is -0.888. The summed E-state index contributed by atoms with van der Waals surface area (Å²) < 4.78 is 73.4. The van der Waals surface area contributed by atoms with Crippen molar-refractivity contribution in [2.24, 2.45) is 0 Å². The fourth-order valence-electron chi connectivity index (χ4n) is 3.45. The number of aromatic nitrogens is 5. The van der Waals surface area contributed by atoms with Crippen LogP contribution in [0.5, 0.6) is 0 Å². The third kappa shape index (κ3) is 4.64. The fraction of sp³-hybridized carbons (Fsp3) is 0.444. The number of anilines is 1. The van der Waals surface area contributed by atoms with E-state index in [2.05, 4.69) is 15.1 Å². The van der Waals surface area contributed by atoms with Gasteiger partial charge in [-0.25, -0.2) is 23.1 Å². The van der Waals surface area contributed by atoms with Crippen molar-refractivity contribution in [1.29, 1.82) is 0 Å². The van der Waals surface area contributed by atoms with Crippen LogP contribution >= 0.6 is 0 Å². The van der Waals surface area contributed by atoms with Gasteiger partial charge in [0.1, 0.15) is 17.8 Å². The topological polar surface area (TPSA) is 141 Å². The van der Waals surface area contributed by atoms with Crippen molar-refractivity contribution in [2.45, 2.75) is 37.6 Å². The molecule has 184 valence electrons. The average molecular weight is 491 g/mol. The zero-order valence-corrected chi connectivity index (χ0v) is 17.3. The van der Waals surface area contributed by atoms with Crippen LogP contribution < -0.4 is 21.5 Å². The van der Waals surface area contributed by atoms with E-state index in [1.165, 1.54) is 23.0 Å². The number of hydrogen-bond donors (Lipinski definition) is 4. The van der Waals surface area contributed by atoms with Gasteiger partial charge < -0.3 is 19.7 Å². The molecule has 4 heterocycles. The molecule has 0 aromatic carbocycles. The molecule has 16 heteroatoms. The molecule has 0 bridgehead atoms. The first-order chi connectivity index (χ1) is 15.8. The summed E-state index contributed by atoms with van der Waals surface area (Å²) in [7, 11) is 0. The molecule has 3 aromatic heterocycles. The molecule has 34 heavy (non-hydrogen) atoms. The van der Waals surface area contributed by atoms with E-state index in [1.807, 2.05) is 4.98 Å². The molecular formula is C18H18F5N7O4. The van der Waals surface area contributed by atoms with E-state index in [4.69, 9.17) is 4.74 Å². The van der Waals surface area contributed by atoms with Gasteiger partial charge in [-0.1, -0.05) is 0 Å². The molecule has 1 fully saturated rings. The van der Waals surface area contributed by atoms with Crippen LogP contribution in [0.1, 0.15) is 6.92 Å². The van der Waals surface area contributed by atoms with Crippen LogP contribution in [0.15, 0.2) is 34.2 Å². The number of nitrogens with zero attached hydrogens (tertiary/aromatic N) is 4. The summed E-state index contributed by atoms with van der Waals surface area (Å²) in [4.78, 5) is 33.0. The molecule has 11 nitrogen and oxygen atoms in total. The normalized spacial score (nSPS) is 20.1. The maximum atomic E-state index is 14.7. The number of H-pyrrole nitrogens is 2. The van der Waals surface area contributed by atoms with Gasteiger partial charge in [0.15, 0.2) is 5.65 Å². The molecule has 0 spiro atoms. The number of alkyl halides is 5. The maximum absolute atomic E-state index is 14.7. The zero-order chi connectivity index (χ0) is 24.8. The van der Waals surface area contributed by atoms with Crippen molar-refractivity contribution in [3.05, 3.63) is 45.5 Å². The van der Waals surface area contributed by atoms with Gasteiger partial charge in [-0.05, 0) is 13.0 Å². The molecule has 3 atom stereocenters.